The summed E-state index contributed by atoms with van der Waals surface area (Å²) in [5.74, 6) is -0.613. The lowest BCUT2D eigenvalue weighted by Gasteiger charge is -2.39. The van der Waals surface area contributed by atoms with Crippen LogP contribution in [0.25, 0.3) is 11.1 Å². The number of halogens is 1. The largest absolute Gasteiger partial charge is 0.339 e. The number of piperidine rings is 1. The van der Waals surface area contributed by atoms with Crippen molar-refractivity contribution < 1.29 is 9.18 Å². The van der Waals surface area contributed by atoms with E-state index < -0.39 is 5.82 Å². The van der Waals surface area contributed by atoms with Gasteiger partial charge >= 0.3 is 0 Å². The molecule has 2 fully saturated rings. The molecule has 0 radical (unpaired) electrons. The molecule has 27 heavy (non-hydrogen) atoms. The Hall–Kier alpha value is -2.20. The van der Waals surface area contributed by atoms with Crippen molar-refractivity contribution in [2.75, 3.05) is 26.2 Å². The lowest BCUT2D eigenvalue weighted by atomic mass is 9.78. The van der Waals surface area contributed by atoms with Gasteiger partial charge in [0.2, 0.25) is 0 Å². The van der Waals surface area contributed by atoms with Crippen LogP contribution in [0.4, 0.5) is 4.39 Å². The molecule has 4 heteroatoms. The number of nitrogens with zero attached hydrogens (tertiary/aromatic N) is 1. The van der Waals surface area contributed by atoms with Crippen molar-refractivity contribution in [1.29, 1.82) is 0 Å². The number of likely N-dealkylation sites (tertiary alicyclic amines) is 1. The maximum atomic E-state index is 14.8. The minimum atomic E-state index is -0.432. The van der Waals surface area contributed by atoms with E-state index in [1.165, 1.54) is 23.6 Å². The predicted octanol–water partition coefficient (Wildman–Crippen LogP) is 4.33. The fourth-order valence-electron chi connectivity index (χ4n) is 4.37. The fourth-order valence-corrected chi connectivity index (χ4v) is 4.37. The Balaban J connectivity index is 1.50. The summed E-state index contributed by atoms with van der Waals surface area (Å²) in [5, 5.41) is 3.43. The maximum Gasteiger partial charge on any atom is 0.256 e. The molecule has 3 nitrogen and oxygen atoms in total. The monoisotopic (exact) mass is 366 g/mol. The van der Waals surface area contributed by atoms with E-state index in [-0.39, 0.29) is 11.5 Å². The third-order valence-electron chi connectivity index (χ3n) is 6.48. The highest BCUT2D eigenvalue weighted by atomic mass is 19.1. The molecule has 2 saturated heterocycles. The number of hydrogen-bond acceptors (Lipinski definition) is 2. The molecule has 0 unspecified atom stereocenters. The maximum absolute atomic E-state index is 14.8. The molecule has 1 spiro atoms. The van der Waals surface area contributed by atoms with E-state index in [0.29, 0.717) is 5.41 Å². The molecule has 2 aliphatic heterocycles. The number of rotatable bonds is 2. The van der Waals surface area contributed by atoms with Gasteiger partial charge in [0.15, 0.2) is 0 Å². The molecule has 4 rings (SSSR count). The Morgan fingerprint density at radius 1 is 1.00 bits per heavy atom. The van der Waals surface area contributed by atoms with Crippen LogP contribution in [0.3, 0.4) is 0 Å². The van der Waals surface area contributed by atoms with Crippen LogP contribution >= 0.6 is 0 Å². The Labute approximate surface area is 160 Å². The first-order chi connectivity index (χ1) is 13.0. The van der Waals surface area contributed by atoms with Crippen molar-refractivity contribution in [3.8, 4) is 11.1 Å². The lowest BCUT2D eigenvalue weighted by Crippen LogP contribution is -2.44. The number of nitrogens with one attached hydrogen (secondary N) is 1. The second-order valence-corrected chi connectivity index (χ2v) is 8.21. The second-order valence-electron chi connectivity index (χ2n) is 8.21. The van der Waals surface area contributed by atoms with Crippen LogP contribution in [0.15, 0.2) is 36.4 Å². The van der Waals surface area contributed by atoms with Gasteiger partial charge in [-0.25, -0.2) is 4.39 Å². The predicted molar refractivity (Wildman–Crippen MR) is 106 cm³/mol. The molecule has 2 aromatic carbocycles. The van der Waals surface area contributed by atoms with Crippen molar-refractivity contribution in [1.82, 2.24) is 10.2 Å². The van der Waals surface area contributed by atoms with E-state index in [1.807, 2.05) is 23.1 Å². The summed E-state index contributed by atoms with van der Waals surface area (Å²) in [4.78, 5) is 14.7. The summed E-state index contributed by atoms with van der Waals surface area (Å²) in [7, 11) is 0. The van der Waals surface area contributed by atoms with Crippen molar-refractivity contribution in [2.45, 2.75) is 33.1 Å². The summed E-state index contributed by atoms with van der Waals surface area (Å²) in [5.41, 5.74) is 4.71. The van der Waals surface area contributed by atoms with Gasteiger partial charge in [-0.05, 0) is 79.5 Å². The Bertz CT molecular complexity index is 861. The zero-order valence-corrected chi connectivity index (χ0v) is 16.1. The summed E-state index contributed by atoms with van der Waals surface area (Å²) in [6, 6.07) is 11.1. The first-order valence-corrected chi connectivity index (χ1v) is 9.85. The minimum absolute atomic E-state index is 0.181. The first-order valence-electron chi connectivity index (χ1n) is 9.85. The summed E-state index contributed by atoms with van der Waals surface area (Å²) < 4.78 is 14.8. The SMILES string of the molecule is Cc1ccc(-c2ccc(C(=O)N3CCC4(CCNC4)CC3)c(F)c2)cc1C. The van der Waals surface area contributed by atoms with Crippen LogP contribution in [-0.4, -0.2) is 37.0 Å². The van der Waals surface area contributed by atoms with E-state index in [4.69, 9.17) is 0 Å². The van der Waals surface area contributed by atoms with Crippen LogP contribution < -0.4 is 5.32 Å². The highest BCUT2D eigenvalue weighted by Crippen LogP contribution is 2.37. The molecule has 2 aromatic rings. The summed E-state index contributed by atoms with van der Waals surface area (Å²) in [6.07, 6.45) is 3.20. The Kier molecular flexibility index (Phi) is 4.77. The molecule has 1 amide bonds. The van der Waals surface area contributed by atoms with E-state index in [9.17, 15) is 9.18 Å². The topological polar surface area (TPSA) is 32.3 Å². The standard InChI is InChI=1S/C23H27FN2O/c1-16-3-4-18(13-17(16)2)19-5-6-20(21(24)14-19)22(27)26-11-8-23(9-12-26)7-10-25-15-23/h3-6,13-14,25H,7-12,15H2,1-2H3. The van der Waals surface area contributed by atoms with Gasteiger partial charge in [0.05, 0.1) is 5.56 Å². The van der Waals surface area contributed by atoms with Crippen molar-refractivity contribution in [3.63, 3.8) is 0 Å². The lowest BCUT2D eigenvalue weighted by molar-refractivity contribution is 0.0603. The van der Waals surface area contributed by atoms with Crippen LogP contribution in [0.5, 0.6) is 0 Å². The van der Waals surface area contributed by atoms with Crippen LogP contribution in [0, 0.1) is 25.1 Å². The van der Waals surface area contributed by atoms with E-state index in [0.717, 1.165) is 50.1 Å². The van der Waals surface area contributed by atoms with E-state index >= 15 is 0 Å². The number of carbonyl (C=O) groups excluding carboxylic acids is 1. The minimum Gasteiger partial charge on any atom is -0.339 e. The van der Waals surface area contributed by atoms with Gasteiger partial charge in [0, 0.05) is 19.6 Å². The van der Waals surface area contributed by atoms with Crippen LogP contribution in [0.1, 0.15) is 40.7 Å². The second kappa shape index (κ2) is 7.08. The average Bonchev–Trinajstić information content (AvgIpc) is 3.12. The molecular weight excluding hydrogens is 339 g/mol. The quantitative estimate of drug-likeness (QED) is 0.858. The zero-order chi connectivity index (χ0) is 19.0. The molecule has 1 N–H and O–H groups in total. The highest BCUT2D eigenvalue weighted by molar-refractivity contribution is 5.95. The third-order valence-corrected chi connectivity index (χ3v) is 6.48. The fraction of sp³-hybridized carbons (Fsp3) is 0.435. The molecule has 0 saturated carbocycles. The van der Waals surface area contributed by atoms with Gasteiger partial charge in [0.1, 0.15) is 5.82 Å². The van der Waals surface area contributed by atoms with Gasteiger partial charge in [-0.2, -0.15) is 0 Å². The summed E-state index contributed by atoms with van der Waals surface area (Å²) in [6.45, 7) is 7.68. The number of amides is 1. The Morgan fingerprint density at radius 2 is 1.70 bits per heavy atom. The average molecular weight is 366 g/mol. The van der Waals surface area contributed by atoms with Crippen LogP contribution in [0.2, 0.25) is 0 Å². The molecule has 0 aliphatic carbocycles. The normalized spacial score (nSPS) is 18.9. The van der Waals surface area contributed by atoms with E-state index in [1.54, 1.807) is 6.07 Å². The summed E-state index contributed by atoms with van der Waals surface area (Å²) >= 11 is 0. The third kappa shape index (κ3) is 3.51. The van der Waals surface area contributed by atoms with Gasteiger partial charge in [0.25, 0.3) is 5.91 Å². The molecular formula is C23H27FN2O. The first kappa shape index (κ1) is 18.2. The van der Waals surface area contributed by atoms with Crippen molar-refractivity contribution >= 4 is 5.91 Å². The van der Waals surface area contributed by atoms with Gasteiger partial charge < -0.3 is 10.2 Å². The number of carbonyl (C=O) groups is 1. The van der Waals surface area contributed by atoms with Gasteiger partial charge in [-0.1, -0.05) is 24.3 Å². The number of benzene rings is 2. The van der Waals surface area contributed by atoms with E-state index in [2.05, 4.69) is 25.2 Å². The number of aryl methyl sites for hydroxylation is 2. The number of hydrogen-bond donors (Lipinski definition) is 1. The molecule has 0 atom stereocenters. The van der Waals surface area contributed by atoms with Gasteiger partial charge in [-0.3, -0.25) is 4.79 Å². The molecule has 2 heterocycles. The molecule has 2 aliphatic rings. The van der Waals surface area contributed by atoms with Crippen molar-refractivity contribution in [3.05, 3.63) is 58.9 Å². The highest BCUT2D eigenvalue weighted by Gasteiger charge is 2.38. The van der Waals surface area contributed by atoms with Crippen molar-refractivity contribution in [2.24, 2.45) is 5.41 Å². The zero-order valence-electron chi connectivity index (χ0n) is 16.1. The Morgan fingerprint density at radius 3 is 2.33 bits per heavy atom. The molecule has 0 bridgehead atoms. The molecule has 142 valence electrons. The molecule has 0 aromatic heterocycles. The van der Waals surface area contributed by atoms with Crippen LogP contribution in [-0.2, 0) is 0 Å². The smallest absolute Gasteiger partial charge is 0.256 e. The van der Waals surface area contributed by atoms with Gasteiger partial charge in [-0.15, -0.1) is 0 Å².